The molecule has 31 heavy (non-hydrogen) atoms. The number of piperidine rings is 1. The molecule has 1 atom stereocenters. The van der Waals surface area contributed by atoms with Crippen LogP contribution >= 0.6 is 23.2 Å². The lowest BCUT2D eigenvalue weighted by Gasteiger charge is -2.44. The average Bonchev–Trinajstić information content (AvgIpc) is 2.96. The largest absolute Gasteiger partial charge is 0.475 e. The van der Waals surface area contributed by atoms with Gasteiger partial charge in [0.1, 0.15) is 16.8 Å². The normalized spacial score (nSPS) is 24.1. The number of alkyl halides is 2. The third-order valence-corrected chi connectivity index (χ3v) is 6.32. The Morgan fingerprint density at radius 1 is 1.26 bits per heavy atom. The van der Waals surface area contributed by atoms with Gasteiger partial charge in [-0.25, -0.2) is 18.4 Å². The number of halogens is 4. The summed E-state index contributed by atoms with van der Waals surface area (Å²) in [6.07, 6.45) is 2.27. The Kier molecular flexibility index (Phi) is 5.53. The molecule has 0 saturated carbocycles. The highest BCUT2D eigenvalue weighted by atomic mass is 35.5. The molecule has 2 aromatic heterocycles. The van der Waals surface area contributed by atoms with Gasteiger partial charge in [0.05, 0.1) is 38.6 Å². The Hall–Kier alpha value is -1.95. The molecule has 1 unspecified atom stereocenters. The minimum absolute atomic E-state index is 0.0207. The van der Waals surface area contributed by atoms with Gasteiger partial charge in [-0.15, -0.1) is 5.10 Å². The lowest BCUT2D eigenvalue weighted by atomic mass is 9.99. The number of nitrogens with zero attached hydrogens (tertiary/aromatic N) is 5. The second-order valence-electron chi connectivity index (χ2n) is 7.79. The lowest BCUT2D eigenvalue weighted by Crippen LogP contribution is -2.58. The summed E-state index contributed by atoms with van der Waals surface area (Å²) in [7, 11) is 0. The summed E-state index contributed by atoms with van der Waals surface area (Å²) < 4.78 is 42.3. The van der Waals surface area contributed by atoms with Gasteiger partial charge in [0, 0.05) is 13.1 Å². The fourth-order valence-electron chi connectivity index (χ4n) is 3.92. The number of ether oxygens (including phenoxy) is 2. The molecule has 0 amide bonds. The predicted octanol–water partition coefficient (Wildman–Crippen LogP) is 3.20. The van der Waals surface area contributed by atoms with Crippen LogP contribution in [0.2, 0.25) is 10.2 Å². The van der Waals surface area contributed by atoms with Gasteiger partial charge in [0.25, 0.3) is 11.8 Å². The number of hydrogen-bond donors (Lipinski definition) is 2. The Morgan fingerprint density at radius 2 is 2.10 bits per heavy atom. The first-order valence-electron chi connectivity index (χ1n) is 10.1. The average molecular weight is 476 g/mol. The van der Waals surface area contributed by atoms with Crippen LogP contribution in [0.15, 0.2) is 6.20 Å². The summed E-state index contributed by atoms with van der Waals surface area (Å²) in [5, 5.41) is 10.8. The van der Waals surface area contributed by atoms with Crippen LogP contribution < -0.4 is 15.4 Å². The monoisotopic (exact) mass is 475 g/mol. The van der Waals surface area contributed by atoms with Crippen molar-refractivity contribution in [3.63, 3.8) is 0 Å². The quantitative estimate of drug-likeness (QED) is 0.684. The van der Waals surface area contributed by atoms with E-state index in [-0.39, 0.29) is 41.7 Å². The maximum atomic E-state index is 15.1. The molecule has 5 rings (SSSR count). The summed E-state index contributed by atoms with van der Waals surface area (Å²) in [5.41, 5.74) is 0.252. The molecule has 0 aliphatic carbocycles. The highest BCUT2D eigenvalue weighted by Crippen LogP contribution is 2.43. The third kappa shape index (κ3) is 3.99. The van der Waals surface area contributed by atoms with Crippen molar-refractivity contribution in [1.82, 2.24) is 24.6 Å². The van der Waals surface area contributed by atoms with Crippen LogP contribution in [0.5, 0.6) is 5.88 Å². The van der Waals surface area contributed by atoms with E-state index >= 15 is 8.78 Å². The number of anilines is 3. The zero-order chi connectivity index (χ0) is 21.6. The van der Waals surface area contributed by atoms with E-state index < -0.39 is 12.0 Å². The molecular formula is C18H21Cl2F2N7O2. The number of nitrogens with one attached hydrogen (secondary N) is 2. The van der Waals surface area contributed by atoms with E-state index in [9.17, 15) is 0 Å². The van der Waals surface area contributed by atoms with Crippen molar-refractivity contribution in [3.8, 4) is 5.88 Å². The van der Waals surface area contributed by atoms with E-state index in [2.05, 4.69) is 25.7 Å². The van der Waals surface area contributed by atoms with E-state index in [4.69, 9.17) is 32.7 Å². The van der Waals surface area contributed by atoms with Crippen LogP contribution in [0.4, 0.5) is 26.2 Å². The van der Waals surface area contributed by atoms with Gasteiger partial charge in [-0.3, -0.25) is 4.90 Å². The van der Waals surface area contributed by atoms with Gasteiger partial charge in [-0.2, -0.15) is 4.98 Å². The fraction of sp³-hybridized carbons (Fsp3) is 0.611. The SMILES string of the molecule is FC1(F)CN(C2COC2)CCC1n1nc2c(c1Cl)Nc1ncc(Cl)c(n1)NCCCO2. The summed E-state index contributed by atoms with van der Waals surface area (Å²) in [6.45, 7) is 2.00. The molecule has 168 valence electrons. The standard InChI is InChI=1S/C18H21Cl2F2N7O2/c19-11-6-24-17-25-13-14(20)29(27-16(13)31-5-1-3-23-15(11)26-17)12-2-4-28(9-18(12,21)22)10-7-30-8-10/h6,10,12H,1-5,7-9H2,(H2,23,24,25,26). The maximum Gasteiger partial charge on any atom is 0.282 e. The molecule has 2 aromatic rings. The van der Waals surface area contributed by atoms with Crippen LogP contribution in [-0.4, -0.2) is 76.1 Å². The van der Waals surface area contributed by atoms with Crippen LogP contribution in [-0.2, 0) is 4.74 Å². The Morgan fingerprint density at radius 3 is 2.84 bits per heavy atom. The molecular weight excluding hydrogens is 455 g/mol. The van der Waals surface area contributed by atoms with E-state index in [1.54, 1.807) is 4.90 Å². The topological polar surface area (TPSA) is 89.4 Å². The molecule has 0 spiro atoms. The van der Waals surface area contributed by atoms with E-state index in [1.807, 2.05) is 0 Å². The van der Waals surface area contributed by atoms with Gasteiger partial charge in [-0.1, -0.05) is 23.2 Å². The minimum Gasteiger partial charge on any atom is -0.475 e. The van der Waals surface area contributed by atoms with Crippen molar-refractivity contribution in [3.05, 3.63) is 16.4 Å². The molecule has 2 saturated heterocycles. The van der Waals surface area contributed by atoms with Gasteiger partial charge in [0.2, 0.25) is 5.95 Å². The number of likely N-dealkylation sites (tertiary alicyclic amines) is 1. The molecule has 3 aliphatic rings. The number of rotatable bonds is 2. The van der Waals surface area contributed by atoms with Gasteiger partial charge < -0.3 is 20.1 Å². The molecule has 3 aliphatic heterocycles. The maximum absolute atomic E-state index is 15.1. The fourth-order valence-corrected chi connectivity index (χ4v) is 4.36. The molecule has 2 N–H and O–H groups in total. The van der Waals surface area contributed by atoms with Crippen LogP contribution in [0.3, 0.4) is 0 Å². The molecule has 0 aromatic carbocycles. The second kappa shape index (κ2) is 8.19. The smallest absolute Gasteiger partial charge is 0.282 e. The first-order chi connectivity index (χ1) is 14.9. The molecule has 13 heteroatoms. The van der Waals surface area contributed by atoms with Crippen molar-refractivity contribution < 1.29 is 18.3 Å². The van der Waals surface area contributed by atoms with Crippen molar-refractivity contribution in [1.29, 1.82) is 0 Å². The van der Waals surface area contributed by atoms with Crippen LogP contribution in [0.25, 0.3) is 0 Å². The van der Waals surface area contributed by atoms with Crippen molar-refractivity contribution in [2.24, 2.45) is 0 Å². The van der Waals surface area contributed by atoms with Gasteiger partial charge in [-0.05, 0) is 12.8 Å². The number of hydrogen-bond acceptors (Lipinski definition) is 8. The highest BCUT2D eigenvalue weighted by Gasteiger charge is 2.49. The first kappa shape index (κ1) is 20.9. The summed E-state index contributed by atoms with van der Waals surface area (Å²) in [4.78, 5) is 10.2. The summed E-state index contributed by atoms with van der Waals surface area (Å²) in [6, 6.07) is -1.14. The third-order valence-electron chi connectivity index (χ3n) is 5.68. The van der Waals surface area contributed by atoms with Crippen molar-refractivity contribution >= 4 is 40.7 Å². The zero-order valence-electron chi connectivity index (χ0n) is 16.5. The summed E-state index contributed by atoms with van der Waals surface area (Å²) in [5.74, 6) is -2.22. The number of fused-ring (bicyclic) bond motifs is 3. The van der Waals surface area contributed by atoms with E-state index in [1.165, 1.54) is 6.20 Å². The lowest BCUT2D eigenvalue weighted by molar-refractivity contribution is -0.150. The zero-order valence-corrected chi connectivity index (χ0v) is 18.0. The minimum atomic E-state index is -3.02. The highest BCUT2D eigenvalue weighted by molar-refractivity contribution is 6.33. The van der Waals surface area contributed by atoms with E-state index in [0.29, 0.717) is 50.2 Å². The molecule has 0 radical (unpaired) electrons. The van der Waals surface area contributed by atoms with Crippen LogP contribution in [0.1, 0.15) is 18.9 Å². The Balaban J connectivity index is 1.45. The van der Waals surface area contributed by atoms with Gasteiger partial charge in [0.15, 0.2) is 11.0 Å². The van der Waals surface area contributed by atoms with Crippen LogP contribution in [0, 0.1) is 0 Å². The van der Waals surface area contributed by atoms with Crippen molar-refractivity contribution in [2.75, 3.05) is 50.1 Å². The molecule has 2 fully saturated rings. The number of aromatic nitrogens is 4. The Bertz CT molecular complexity index is 973. The van der Waals surface area contributed by atoms with Crippen molar-refractivity contribution in [2.45, 2.75) is 30.8 Å². The summed E-state index contributed by atoms with van der Waals surface area (Å²) >= 11 is 12.7. The molecule has 5 heterocycles. The predicted molar refractivity (Wildman–Crippen MR) is 111 cm³/mol. The second-order valence-corrected chi connectivity index (χ2v) is 8.55. The Labute approximate surface area is 187 Å². The first-order valence-corrected chi connectivity index (χ1v) is 10.8. The van der Waals surface area contributed by atoms with Gasteiger partial charge >= 0.3 is 0 Å². The molecule has 2 bridgehead atoms. The molecule has 9 nitrogen and oxygen atoms in total. The van der Waals surface area contributed by atoms with E-state index in [0.717, 1.165) is 4.68 Å².